The van der Waals surface area contributed by atoms with Crippen molar-refractivity contribution >= 4 is 47.4 Å². The summed E-state index contributed by atoms with van der Waals surface area (Å²) in [5, 5.41) is 0. The molecule has 10 heavy (non-hydrogen) atoms. The fourth-order valence-electron chi connectivity index (χ4n) is 0.349. The molecule has 0 unspecified atom stereocenters. The molecule has 0 aliphatic rings. The third-order valence-electron chi connectivity index (χ3n) is 0.758. The highest BCUT2D eigenvalue weighted by atomic mass is 35.6. The summed E-state index contributed by atoms with van der Waals surface area (Å²) in [6.45, 7) is 1.00. The molecule has 0 aromatic heterocycles. The average molecular weight is 223 g/mol. The van der Waals surface area contributed by atoms with Gasteiger partial charge < -0.3 is 4.74 Å². The van der Waals surface area contributed by atoms with Crippen molar-refractivity contribution in [3.8, 4) is 0 Å². The quantitative estimate of drug-likeness (QED) is 0.525. The first-order chi connectivity index (χ1) is 4.56. The first-order valence-corrected chi connectivity index (χ1v) is 4.50. The first kappa shape index (κ1) is 11.2. The minimum atomic E-state index is -1.19. The van der Waals surface area contributed by atoms with E-state index in [1.165, 1.54) is 0 Å². The smallest absolute Gasteiger partial charge is 0.192 e. The van der Waals surface area contributed by atoms with Crippen LogP contribution in [0.5, 0.6) is 0 Å². The van der Waals surface area contributed by atoms with E-state index in [1.54, 1.807) is 0 Å². The Labute approximate surface area is 81.4 Å². The summed E-state index contributed by atoms with van der Waals surface area (Å²) in [5.74, 6) is 0.583. The van der Waals surface area contributed by atoms with Gasteiger partial charge in [0.1, 0.15) is 0 Å². The first-order valence-electron chi connectivity index (χ1n) is 2.79. The lowest BCUT2D eigenvalue weighted by Gasteiger charge is -2.09. The highest BCUT2D eigenvalue weighted by Crippen LogP contribution is 2.29. The maximum Gasteiger partial charge on any atom is 0.192 e. The van der Waals surface area contributed by atoms with Gasteiger partial charge in [0.05, 0.1) is 13.2 Å². The Morgan fingerprint density at radius 1 is 1.20 bits per heavy atom. The topological polar surface area (TPSA) is 9.23 Å². The second-order valence-electron chi connectivity index (χ2n) is 1.68. The van der Waals surface area contributed by atoms with Gasteiger partial charge in [0.2, 0.25) is 0 Å². The summed E-state index contributed by atoms with van der Waals surface area (Å²) >= 11 is 20.9. The average Bonchev–Trinajstić information content (AvgIpc) is 1.78. The highest BCUT2D eigenvalue weighted by molar-refractivity contribution is 7.80. The molecule has 5 heteroatoms. The predicted octanol–water partition coefficient (Wildman–Crippen LogP) is 2.96. The van der Waals surface area contributed by atoms with Crippen LogP contribution in [0.1, 0.15) is 6.42 Å². The van der Waals surface area contributed by atoms with Gasteiger partial charge in [-0.2, -0.15) is 0 Å². The number of halogens is 3. The van der Waals surface area contributed by atoms with Gasteiger partial charge in [-0.3, -0.25) is 0 Å². The van der Waals surface area contributed by atoms with Crippen molar-refractivity contribution in [2.45, 2.75) is 10.2 Å². The van der Waals surface area contributed by atoms with Crippen molar-refractivity contribution in [3.63, 3.8) is 0 Å². The van der Waals surface area contributed by atoms with Crippen molar-refractivity contribution in [1.82, 2.24) is 0 Å². The molecule has 0 aliphatic heterocycles. The van der Waals surface area contributed by atoms with Crippen LogP contribution in [-0.4, -0.2) is 22.8 Å². The molecule has 0 rings (SSSR count). The van der Waals surface area contributed by atoms with E-state index in [0.717, 1.165) is 0 Å². The lowest BCUT2D eigenvalue weighted by Crippen LogP contribution is -2.08. The van der Waals surface area contributed by atoms with Crippen molar-refractivity contribution in [2.24, 2.45) is 0 Å². The maximum atomic E-state index is 5.44. The molecule has 0 amide bonds. The summed E-state index contributed by atoms with van der Waals surface area (Å²) in [6.07, 6.45) is 0.410. The Morgan fingerprint density at radius 3 is 2.20 bits per heavy atom. The Kier molecular flexibility index (Phi) is 6.47. The van der Waals surface area contributed by atoms with Gasteiger partial charge in [0.25, 0.3) is 0 Å². The number of alkyl halides is 3. The molecule has 0 aromatic carbocycles. The van der Waals surface area contributed by atoms with E-state index >= 15 is 0 Å². The zero-order chi connectivity index (χ0) is 8.04. The third kappa shape index (κ3) is 9.18. The van der Waals surface area contributed by atoms with Crippen LogP contribution in [0.2, 0.25) is 0 Å². The van der Waals surface area contributed by atoms with Crippen LogP contribution in [0, 0.1) is 0 Å². The summed E-state index contributed by atoms with van der Waals surface area (Å²) < 4.78 is 3.81. The zero-order valence-corrected chi connectivity index (χ0v) is 8.36. The summed E-state index contributed by atoms with van der Waals surface area (Å²) in [7, 11) is 0. The molecule has 0 bridgehead atoms. The van der Waals surface area contributed by atoms with Crippen molar-refractivity contribution < 1.29 is 4.74 Å². The Hall–Kier alpha value is 1.18. The van der Waals surface area contributed by atoms with Gasteiger partial charge in [-0.1, -0.05) is 47.4 Å². The fourth-order valence-corrected chi connectivity index (χ4v) is 0.698. The molecule has 0 atom stereocenters. The molecule has 61 valence electrons. The lowest BCUT2D eigenvalue weighted by atomic mass is 10.5. The van der Waals surface area contributed by atoms with Crippen molar-refractivity contribution in [1.29, 1.82) is 0 Å². The standard InChI is InChI=1S/C5H8Cl3OS/c6-5(7,8)1-2-9-3-4-10/h1-4H2. The molecule has 0 N–H and O–H groups in total. The zero-order valence-electron chi connectivity index (χ0n) is 5.28. The molecule has 0 spiro atoms. The van der Waals surface area contributed by atoms with Crippen LogP contribution >= 0.6 is 47.4 Å². The molecule has 0 fully saturated rings. The van der Waals surface area contributed by atoms with E-state index in [0.29, 0.717) is 25.4 Å². The summed E-state index contributed by atoms with van der Waals surface area (Å²) in [5.41, 5.74) is 0. The van der Waals surface area contributed by atoms with Gasteiger partial charge in [-0.25, -0.2) is 0 Å². The van der Waals surface area contributed by atoms with E-state index in [1.807, 2.05) is 0 Å². The van der Waals surface area contributed by atoms with E-state index in [9.17, 15) is 0 Å². The minimum Gasteiger partial charge on any atom is -0.380 e. The maximum absolute atomic E-state index is 5.44. The molecule has 1 nitrogen and oxygen atoms in total. The van der Waals surface area contributed by atoms with Crippen LogP contribution in [0.3, 0.4) is 0 Å². The van der Waals surface area contributed by atoms with Crippen LogP contribution in [0.4, 0.5) is 0 Å². The Morgan fingerprint density at radius 2 is 1.80 bits per heavy atom. The molecule has 0 aliphatic carbocycles. The second-order valence-corrected chi connectivity index (χ2v) is 4.61. The molecular formula is C5H8Cl3OS. The van der Waals surface area contributed by atoms with E-state index in [4.69, 9.17) is 39.5 Å². The SMILES string of the molecule is [S]CCOCCC(Cl)(Cl)Cl. The molecule has 0 aromatic rings. The molecule has 0 heterocycles. The second kappa shape index (κ2) is 5.78. The normalized spacial score (nSPS) is 12.0. The van der Waals surface area contributed by atoms with Gasteiger partial charge >= 0.3 is 0 Å². The largest absolute Gasteiger partial charge is 0.380 e. The van der Waals surface area contributed by atoms with Gasteiger partial charge in [-0.15, -0.1) is 0 Å². The Balaban J connectivity index is 3.04. The van der Waals surface area contributed by atoms with Gasteiger partial charge in [-0.05, 0) is 0 Å². The molecule has 1 radical (unpaired) electrons. The summed E-state index contributed by atoms with van der Waals surface area (Å²) in [4.78, 5) is 0. The number of hydrogen-bond acceptors (Lipinski definition) is 1. The fraction of sp³-hybridized carbons (Fsp3) is 1.00. The van der Waals surface area contributed by atoms with Crippen molar-refractivity contribution in [3.05, 3.63) is 0 Å². The lowest BCUT2D eigenvalue weighted by molar-refractivity contribution is 0.148. The number of hydrogen-bond donors (Lipinski definition) is 0. The molecule has 0 saturated carbocycles. The van der Waals surface area contributed by atoms with E-state index in [2.05, 4.69) is 12.6 Å². The highest BCUT2D eigenvalue weighted by Gasteiger charge is 2.18. The van der Waals surface area contributed by atoms with Crippen LogP contribution in [0.25, 0.3) is 0 Å². The van der Waals surface area contributed by atoms with Gasteiger partial charge in [0, 0.05) is 12.2 Å². The van der Waals surface area contributed by atoms with E-state index < -0.39 is 3.79 Å². The summed E-state index contributed by atoms with van der Waals surface area (Å²) in [6, 6.07) is 0. The van der Waals surface area contributed by atoms with Crippen LogP contribution < -0.4 is 0 Å². The monoisotopic (exact) mass is 221 g/mol. The van der Waals surface area contributed by atoms with Crippen LogP contribution in [-0.2, 0) is 4.74 Å². The van der Waals surface area contributed by atoms with E-state index in [-0.39, 0.29) is 0 Å². The number of rotatable bonds is 4. The van der Waals surface area contributed by atoms with Crippen LogP contribution in [0.15, 0.2) is 0 Å². The van der Waals surface area contributed by atoms with Crippen molar-refractivity contribution in [2.75, 3.05) is 19.0 Å². The third-order valence-corrected chi connectivity index (χ3v) is 1.49. The molecular weight excluding hydrogens is 214 g/mol. The van der Waals surface area contributed by atoms with Gasteiger partial charge in [0.15, 0.2) is 3.79 Å². The number of ether oxygens (including phenoxy) is 1. The minimum absolute atomic E-state index is 0.410. The Bertz CT molecular complexity index is 83.5. The predicted molar refractivity (Wildman–Crippen MR) is 48.2 cm³/mol. The molecule has 0 saturated heterocycles.